The molecular formula is C9H20N2O2. The first-order valence-electron chi connectivity index (χ1n) is 4.88. The van der Waals surface area contributed by atoms with Gasteiger partial charge in [-0.3, -0.25) is 4.90 Å². The highest BCUT2D eigenvalue weighted by molar-refractivity contribution is 4.87. The van der Waals surface area contributed by atoms with E-state index in [0.29, 0.717) is 19.4 Å². The molecule has 1 aliphatic rings. The molecule has 1 heterocycles. The van der Waals surface area contributed by atoms with Gasteiger partial charge in [0, 0.05) is 25.7 Å². The molecule has 4 nitrogen and oxygen atoms in total. The van der Waals surface area contributed by atoms with E-state index in [1.54, 1.807) is 0 Å². The van der Waals surface area contributed by atoms with Gasteiger partial charge in [-0.1, -0.05) is 0 Å². The molecule has 0 spiro atoms. The third-order valence-electron chi connectivity index (χ3n) is 3.00. The van der Waals surface area contributed by atoms with Crippen LogP contribution < -0.4 is 5.73 Å². The van der Waals surface area contributed by atoms with Crippen LogP contribution >= 0.6 is 0 Å². The van der Waals surface area contributed by atoms with Gasteiger partial charge in [0.05, 0.1) is 12.2 Å². The van der Waals surface area contributed by atoms with Crippen molar-refractivity contribution in [2.45, 2.75) is 31.4 Å². The Kier molecular flexibility index (Phi) is 3.67. The van der Waals surface area contributed by atoms with Crippen molar-refractivity contribution in [1.29, 1.82) is 0 Å². The molecule has 1 saturated heterocycles. The lowest BCUT2D eigenvalue weighted by Gasteiger charge is -2.39. The van der Waals surface area contributed by atoms with Crippen molar-refractivity contribution in [2.75, 3.05) is 26.2 Å². The minimum Gasteiger partial charge on any atom is -0.395 e. The highest BCUT2D eigenvalue weighted by Gasteiger charge is 2.31. The smallest absolute Gasteiger partial charge is 0.0793 e. The van der Waals surface area contributed by atoms with Gasteiger partial charge in [-0.25, -0.2) is 0 Å². The van der Waals surface area contributed by atoms with Gasteiger partial charge in [0.2, 0.25) is 0 Å². The van der Waals surface area contributed by atoms with Crippen LogP contribution in [0.1, 0.15) is 19.8 Å². The zero-order chi connectivity index (χ0) is 9.90. The van der Waals surface area contributed by atoms with Gasteiger partial charge in [-0.15, -0.1) is 0 Å². The topological polar surface area (TPSA) is 69.7 Å². The molecule has 0 aromatic carbocycles. The number of hydrogen-bond acceptors (Lipinski definition) is 4. The molecule has 0 aromatic heterocycles. The van der Waals surface area contributed by atoms with E-state index < -0.39 is 5.60 Å². The molecule has 0 aromatic rings. The van der Waals surface area contributed by atoms with Gasteiger partial charge in [0.1, 0.15) is 0 Å². The Hall–Kier alpha value is -0.160. The molecule has 1 aliphatic heterocycles. The minimum absolute atomic E-state index is 0.182. The number of aliphatic hydroxyl groups is 2. The number of nitrogens with zero attached hydrogens (tertiary/aromatic N) is 1. The Bertz CT molecular complexity index is 156. The molecule has 0 bridgehead atoms. The number of hydrogen-bond donors (Lipinski definition) is 3. The van der Waals surface area contributed by atoms with Crippen LogP contribution in [0.25, 0.3) is 0 Å². The second-order valence-electron chi connectivity index (χ2n) is 4.00. The standard InChI is InChI=1S/C9H20N2O2/c1-8(6-12)11-4-2-9(13,7-10)3-5-11/h8,12-13H,2-7,10H2,1H3. The van der Waals surface area contributed by atoms with E-state index in [4.69, 9.17) is 10.8 Å². The number of piperidine rings is 1. The van der Waals surface area contributed by atoms with E-state index >= 15 is 0 Å². The van der Waals surface area contributed by atoms with Crippen LogP contribution in [0.3, 0.4) is 0 Å². The van der Waals surface area contributed by atoms with Gasteiger partial charge in [-0.2, -0.15) is 0 Å². The third-order valence-corrected chi connectivity index (χ3v) is 3.00. The molecule has 0 saturated carbocycles. The fraction of sp³-hybridized carbons (Fsp3) is 1.00. The predicted octanol–water partition coefficient (Wildman–Crippen LogP) is -0.847. The van der Waals surface area contributed by atoms with Crippen molar-refractivity contribution < 1.29 is 10.2 Å². The molecule has 0 amide bonds. The van der Waals surface area contributed by atoms with Gasteiger partial charge in [0.25, 0.3) is 0 Å². The lowest BCUT2D eigenvalue weighted by molar-refractivity contribution is -0.0276. The number of rotatable bonds is 3. The zero-order valence-corrected chi connectivity index (χ0v) is 8.24. The first-order chi connectivity index (χ1) is 6.11. The predicted molar refractivity (Wildman–Crippen MR) is 51.4 cm³/mol. The van der Waals surface area contributed by atoms with Gasteiger partial charge in [0.15, 0.2) is 0 Å². The lowest BCUT2D eigenvalue weighted by atomic mass is 9.91. The lowest BCUT2D eigenvalue weighted by Crippen LogP contribution is -2.51. The molecule has 1 unspecified atom stereocenters. The van der Waals surface area contributed by atoms with E-state index in [9.17, 15) is 5.11 Å². The molecular weight excluding hydrogens is 168 g/mol. The van der Waals surface area contributed by atoms with Crippen LogP contribution in [0.15, 0.2) is 0 Å². The number of likely N-dealkylation sites (tertiary alicyclic amines) is 1. The van der Waals surface area contributed by atoms with Crippen LogP contribution in [0.4, 0.5) is 0 Å². The van der Waals surface area contributed by atoms with Gasteiger partial charge in [-0.05, 0) is 19.8 Å². The van der Waals surface area contributed by atoms with E-state index in [2.05, 4.69) is 4.90 Å². The highest BCUT2D eigenvalue weighted by atomic mass is 16.3. The Morgan fingerprint density at radius 1 is 1.46 bits per heavy atom. The van der Waals surface area contributed by atoms with Crippen LogP contribution in [-0.4, -0.2) is 53.0 Å². The minimum atomic E-state index is -0.661. The SMILES string of the molecule is CC(CO)N1CCC(O)(CN)CC1. The summed E-state index contributed by atoms with van der Waals surface area (Å²) >= 11 is 0. The van der Waals surface area contributed by atoms with Crippen LogP contribution in [-0.2, 0) is 0 Å². The van der Waals surface area contributed by atoms with Crippen LogP contribution in [0.5, 0.6) is 0 Å². The second kappa shape index (κ2) is 4.37. The van der Waals surface area contributed by atoms with Crippen molar-refractivity contribution in [3.05, 3.63) is 0 Å². The maximum absolute atomic E-state index is 9.84. The fourth-order valence-electron chi connectivity index (χ4n) is 1.70. The molecule has 78 valence electrons. The maximum atomic E-state index is 9.84. The summed E-state index contributed by atoms with van der Waals surface area (Å²) in [5.41, 5.74) is 4.81. The summed E-state index contributed by atoms with van der Waals surface area (Å²) in [4.78, 5) is 2.18. The first-order valence-corrected chi connectivity index (χ1v) is 4.88. The Labute approximate surface area is 79.3 Å². The molecule has 1 atom stereocenters. The summed E-state index contributed by atoms with van der Waals surface area (Å²) in [7, 11) is 0. The molecule has 1 fully saturated rings. The molecule has 0 radical (unpaired) electrons. The zero-order valence-electron chi connectivity index (χ0n) is 8.24. The van der Waals surface area contributed by atoms with Crippen molar-refractivity contribution in [3.8, 4) is 0 Å². The van der Waals surface area contributed by atoms with Crippen LogP contribution in [0.2, 0.25) is 0 Å². The molecule has 1 rings (SSSR count). The summed E-state index contributed by atoms with van der Waals surface area (Å²) in [6, 6.07) is 0.197. The molecule has 4 N–H and O–H groups in total. The fourth-order valence-corrected chi connectivity index (χ4v) is 1.70. The van der Waals surface area contributed by atoms with E-state index in [1.165, 1.54) is 0 Å². The van der Waals surface area contributed by atoms with Crippen molar-refractivity contribution in [2.24, 2.45) is 5.73 Å². The second-order valence-corrected chi connectivity index (χ2v) is 4.00. The van der Waals surface area contributed by atoms with Crippen LogP contribution in [0, 0.1) is 0 Å². The van der Waals surface area contributed by atoms with Gasteiger partial charge >= 0.3 is 0 Å². The molecule has 13 heavy (non-hydrogen) atoms. The van der Waals surface area contributed by atoms with E-state index in [-0.39, 0.29) is 12.6 Å². The van der Waals surface area contributed by atoms with Crippen molar-refractivity contribution in [3.63, 3.8) is 0 Å². The van der Waals surface area contributed by atoms with Gasteiger partial charge < -0.3 is 15.9 Å². The monoisotopic (exact) mass is 188 g/mol. The molecule has 4 heteroatoms. The largest absolute Gasteiger partial charge is 0.395 e. The number of nitrogens with two attached hydrogens (primary N) is 1. The average molecular weight is 188 g/mol. The summed E-state index contributed by atoms with van der Waals surface area (Å²) < 4.78 is 0. The van der Waals surface area contributed by atoms with Crippen molar-refractivity contribution in [1.82, 2.24) is 4.90 Å². The Morgan fingerprint density at radius 2 is 2.00 bits per heavy atom. The summed E-state index contributed by atoms with van der Waals surface area (Å²) in [6.07, 6.45) is 1.43. The van der Waals surface area contributed by atoms with E-state index in [0.717, 1.165) is 13.1 Å². The Balaban J connectivity index is 2.38. The first kappa shape index (κ1) is 10.9. The maximum Gasteiger partial charge on any atom is 0.0793 e. The molecule has 0 aliphatic carbocycles. The highest BCUT2D eigenvalue weighted by Crippen LogP contribution is 2.21. The summed E-state index contributed by atoms with van der Waals surface area (Å²) in [5, 5.41) is 18.8. The summed E-state index contributed by atoms with van der Waals surface area (Å²) in [6.45, 7) is 4.17. The summed E-state index contributed by atoms with van der Waals surface area (Å²) in [5.74, 6) is 0. The Morgan fingerprint density at radius 3 is 2.38 bits per heavy atom. The normalized spacial score (nSPS) is 25.8. The van der Waals surface area contributed by atoms with E-state index in [1.807, 2.05) is 6.92 Å². The van der Waals surface area contributed by atoms with Crippen molar-refractivity contribution >= 4 is 0 Å². The number of aliphatic hydroxyl groups excluding tert-OH is 1. The average Bonchev–Trinajstić information content (AvgIpc) is 2.18. The quantitative estimate of drug-likeness (QED) is 0.540. The third kappa shape index (κ3) is 2.64.